The molecule has 21 heavy (non-hydrogen) atoms. The van der Waals surface area contributed by atoms with Crippen LogP contribution in [0.25, 0.3) is 0 Å². The molecule has 0 saturated carbocycles. The lowest BCUT2D eigenvalue weighted by Gasteiger charge is -2.11. The van der Waals surface area contributed by atoms with Crippen LogP contribution in [-0.4, -0.2) is 28.1 Å². The Morgan fingerprint density at radius 3 is 2.33 bits per heavy atom. The van der Waals surface area contributed by atoms with Gasteiger partial charge in [0.05, 0.1) is 10.5 Å². The number of rotatable bonds is 6. The summed E-state index contributed by atoms with van der Waals surface area (Å²) in [5.41, 5.74) is -1.01. The first-order chi connectivity index (χ1) is 9.16. The van der Waals surface area contributed by atoms with Crippen LogP contribution in [0.5, 0.6) is 0 Å². The van der Waals surface area contributed by atoms with Gasteiger partial charge in [0.15, 0.2) is 0 Å². The van der Waals surface area contributed by atoms with Crippen molar-refractivity contribution in [3.05, 3.63) is 28.2 Å². The molecule has 4 nitrogen and oxygen atoms in total. The molecule has 0 atom stereocenters. The summed E-state index contributed by atoms with van der Waals surface area (Å²) in [5, 5.41) is 2.90. The smallest absolute Gasteiger partial charge is 0.316 e. The molecule has 0 aliphatic heterocycles. The Kier molecular flexibility index (Phi) is 8.19. The minimum Gasteiger partial charge on any atom is -0.316 e. The highest BCUT2D eigenvalue weighted by atomic mass is 79.9. The number of sulfonamides is 1. The first-order valence-corrected chi connectivity index (χ1v) is 8.02. The Morgan fingerprint density at radius 1 is 1.19 bits per heavy atom. The van der Waals surface area contributed by atoms with Crippen molar-refractivity contribution in [3.8, 4) is 0 Å². The van der Waals surface area contributed by atoms with Crippen LogP contribution >= 0.6 is 28.3 Å². The van der Waals surface area contributed by atoms with Crippen LogP contribution < -0.4 is 10.0 Å². The Balaban J connectivity index is 0.00000400. The lowest BCUT2D eigenvalue weighted by Crippen LogP contribution is -2.32. The van der Waals surface area contributed by atoms with Gasteiger partial charge in [-0.1, -0.05) is 22.9 Å². The highest BCUT2D eigenvalue weighted by molar-refractivity contribution is 9.10. The van der Waals surface area contributed by atoms with Gasteiger partial charge in [0.1, 0.15) is 0 Å². The minimum absolute atomic E-state index is 0. The fourth-order valence-electron chi connectivity index (χ4n) is 1.42. The summed E-state index contributed by atoms with van der Waals surface area (Å²) in [6.07, 6.45) is -4.60. The lowest BCUT2D eigenvalue weighted by molar-refractivity contribution is -0.137. The molecule has 10 heteroatoms. The van der Waals surface area contributed by atoms with E-state index >= 15 is 0 Å². The lowest BCUT2D eigenvalue weighted by atomic mass is 10.2. The second-order valence-corrected chi connectivity index (χ2v) is 6.61. The van der Waals surface area contributed by atoms with Crippen molar-refractivity contribution >= 4 is 38.4 Å². The van der Waals surface area contributed by atoms with E-state index in [2.05, 4.69) is 26.0 Å². The Bertz CT molecular complexity index is 567. The average molecular weight is 412 g/mol. The van der Waals surface area contributed by atoms with E-state index in [-0.39, 0.29) is 23.4 Å². The van der Waals surface area contributed by atoms with Crippen molar-refractivity contribution in [1.29, 1.82) is 0 Å². The van der Waals surface area contributed by atoms with E-state index in [0.29, 0.717) is 19.2 Å². The van der Waals surface area contributed by atoms with Gasteiger partial charge in [0.2, 0.25) is 10.0 Å². The molecule has 1 rings (SSSR count). The fraction of sp³-hybridized carbons (Fsp3) is 0.455. The van der Waals surface area contributed by atoms with Gasteiger partial charge in [-0.25, -0.2) is 13.1 Å². The monoisotopic (exact) mass is 410 g/mol. The molecule has 0 amide bonds. The van der Waals surface area contributed by atoms with Crippen molar-refractivity contribution < 1.29 is 21.6 Å². The Labute approximate surface area is 136 Å². The third kappa shape index (κ3) is 6.52. The molecule has 0 spiro atoms. The predicted octanol–water partition coefficient (Wildman–Crippen LogP) is 2.78. The van der Waals surface area contributed by atoms with Crippen molar-refractivity contribution in [2.75, 3.05) is 19.6 Å². The average Bonchev–Trinajstić information content (AvgIpc) is 2.33. The van der Waals surface area contributed by atoms with E-state index in [4.69, 9.17) is 0 Å². The second kappa shape index (κ2) is 8.33. The van der Waals surface area contributed by atoms with Crippen molar-refractivity contribution in [1.82, 2.24) is 10.0 Å². The van der Waals surface area contributed by atoms with E-state index in [1.165, 1.54) is 0 Å². The number of hydrogen-bond acceptors (Lipinski definition) is 3. The largest absolute Gasteiger partial charge is 0.416 e. The van der Waals surface area contributed by atoms with Crippen LogP contribution in [0.1, 0.15) is 12.5 Å². The van der Waals surface area contributed by atoms with Crippen LogP contribution in [0.2, 0.25) is 0 Å². The van der Waals surface area contributed by atoms with Gasteiger partial charge in [-0.3, -0.25) is 0 Å². The third-order valence-electron chi connectivity index (χ3n) is 2.35. The maximum Gasteiger partial charge on any atom is 0.416 e. The highest BCUT2D eigenvalue weighted by Crippen LogP contribution is 2.32. The van der Waals surface area contributed by atoms with Crippen LogP contribution in [0, 0.1) is 0 Å². The number of benzene rings is 1. The minimum atomic E-state index is -4.60. The number of alkyl halides is 3. The van der Waals surface area contributed by atoms with Crippen LogP contribution in [-0.2, 0) is 16.2 Å². The summed E-state index contributed by atoms with van der Waals surface area (Å²) in [7, 11) is -3.97. The standard InChI is InChI=1S/C11H14BrF3N2O2S.ClH/c1-2-16-3-4-17-20(18,19)10-6-8(11(13,14)15)5-9(12)7-10;/h5-7,16-17H,2-4H2,1H3;1H. The predicted molar refractivity (Wildman–Crippen MR) is 80.1 cm³/mol. The summed E-state index contributed by atoms with van der Waals surface area (Å²) in [6, 6.07) is 2.57. The first kappa shape index (κ1) is 20.6. The zero-order valence-electron chi connectivity index (χ0n) is 11.0. The maximum atomic E-state index is 12.6. The van der Waals surface area contributed by atoms with Crippen molar-refractivity contribution in [3.63, 3.8) is 0 Å². The quantitative estimate of drug-likeness (QED) is 0.708. The topological polar surface area (TPSA) is 58.2 Å². The van der Waals surface area contributed by atoms with Gasteiger partial charge in [-0.2, -0.15) is 13.2 Å². The Hall–Kier alpha value is -0.350. The molecular formula is C11H15BrClF3N2O2S. The van der Waals surface area contributed by atoms with Gasteiger partial charge in [0.25, 0.3) is 0 Å². The molecule has 0 saturated heterocycles. The molecule has 0 aliphatic carbocycles. The van der Waals surface area contributed by atoms with Gasteiger partial charge in [0, 0.05) is 17.6 Å². The fourth-order valence-corrected chi connectivity index (χ4v) is 3.16. The molecule has 0 unspecified atom stereocenters. The summed E-state index contributed by atoms with van der Waals surface area (Å²) in [6.45, 7) is 3.04. The van der Waals surface area contributed by atoms with E-state index in [9.17, 15) is 21.6 Å². The number of halogens is 5. The number of likely N-dealkylation sites (N-methyl/N-ethyl adjacent to an activating group) is 1. The molecule has 0 fully saturated rings. The summed E-state index contributed by atoms with van der Waals surface area (Å²) in [4.78, 5) is -0.421. The zero-order valence-corrected chi connectivity index (χ0v) is 14.2. The third-order valence-corrected chi connectivity index (χ3v) is 4.25. The first-order valence-electron chi connectivity index (χ1n) is 5.75. The van der Waals surface area contributed by atoms with Gasteiger partial charge in [-0.05, 0) is 24.7 Å². The second-order valence-electron chi connectivity index (χ2n) is 3.92. The molecular weight excluding hydrogens is 397 g/mol. The molecule has 1 aromatic carbocycles. The molecule has 0 heterocycles. The van der Waals surface area contributed by atoms with E-state index in [1.807, 2.05) is 6.92 Å². The molecule has 0 aromatic heterocycles. The summed E-state index contributed by atoms with van der Waals surface area (Å²) >= 11 is 2.89. The van der Waals surface area contributed by atoms with Crippen molar-refractivity contribution in [2.24, 2.45) is 0 Å². The van der Waals surface area contributed by atoms with Crippen LogP contribution in [0.4, 0.5) is 13.2 Å². The SMILES string of the molecule is CCNCCNS(=O)(=O)c1cc(Br)cc(C(F)(F)F)c1.Cl. The molecule has 0 bridgehead atoms. The molecule has 2 N–H and O–H groups in total. The normalized spacial score (nSPS) is 12.0. The highest BCUT2D eigenvalue weighted by Gasteiger charge is 2.32. The molecule has 0 radical (unpaired) electrons. The van der Waals surface area contributed by atoms with E-state index in [1.54, 1.807) is 0 Å². The van der Waals surface area contributed by atoms with Gasteiger partial charge >= 0.3 is 6.18 Å². The van der Waals surface area contributed by atoms with Crippen LogP contribution in [0.3, 0.4) is 0 Å². The van der Waals surface area contributed by atoms with E-state index < -0.39 is 26.7 Å². The molecule has 1 aromatic rings. The number of nitrogens with one attached hydrogen (secondary N) is 2. The maximum absolute atomic E-state index is 12.6. The Morgan fingerprint density at radius 2 is 1.81 bits per heavy atom. The van der Waals surface area contributed by atoms with Gasteiger partial charge < -0.3 is 5.32 Å². The van der Waals surface area contributed by atoms with Crippen LogP contribution in [0.15, 0.2) is 27.6 Å². The number of hydrogen-bond donors (Lipinski definition) is 2. The summed E-state index contributed by atoms with van der Waals surface area (Å²) < 4.78 is 64.0. The molecule has 122 valence electrons. The van der Waals surface area contributed by atoms with E-state index in [0.717, 1.165) is 12.1 Å². The van der Waals surface area contributed by atoms with Gasteiger partial charge in [-0.15, -0.1) is 12.4 Å². The zero-order chi connectivity index (χ0) is 15.4. The molecule has 0 aliphatic rings. The van der Waals surface area contributed by atoms with Crippen molar-refractivity contribution in [2.45, 2.75) is 18.0 Å². The summed E-state index contributed by atoms with van der Waals surface area (Å²) in [5.74, 6) is 0.